The van der Waals surface area contributed by atoms with Crippen molar-refractivity contribution < 1.29 is 0 Å². The molecule has 0 aliphatic rings. The van der Waals surface area contributed by atoms with Crippen LogP contribution in [0.4, 0.5) is 5.82 Å². The summed E-state index contributed by atoms with van der Waals surface area (Å²) in [7, 11) is 3.72. The number of aromatic amines is 1. The van der Waals surface area contributed by atoms with Crippen LogP contribution in [0.3, 0.4) is 0 Å². The second kappa shape index (κ2) is 3.84. The van der Waals surface area contributed by atoms with E-state index in [-0.39, 0.29) is 5.69 Å². The van der Waals surface area contributed by atoms with Crippen LogP contribution < -0.4 is 5.69 Å². The molecule has 0 radical (unpaired) electrons. The minimum atomic E-state index is -0.378. The molecule has 0 aromatic carbocycles. The van der Waals surface area contributed by atoms with Gasteiger partial charge in [0.2, 0.25) is 0 Å². The molecule has 0 atom stereocenters. The molecule has 1 rings (SSSR count). The zero-order chi connectivity index (χ0) is 9.84. The van der Waals surface area contributed by atoms with Crippen molar-refractivity contribution in [3.8, 4) is 0 Å². The van der Waals surface area contributed by atoms with E-state index in [9.17, 15) is 4.79 Å². The lowest BCUT2D eigenvalue weighted by molar-refractivity contribution is 0.643. The first-order chi connectivity index (χ1) is 6.09. The number of hydrogen-bond donors (Lipinski definition) is 1. The van der Waals surface area contributed by atoms with Crippen molar-refractivity contribution in [1.82, 2.24) is 14.9 Å². The highest BCUT2D eigenvalue weighted by Gasteiger charge is 1.95. The van der Waals surface area contributed by atoms with Gasteiger partial charge >= 0.3 is 5.69 Å². The van der Waals surface area contributed by atoms with Crippen LogP contribution in [0, 0.1) is 6.92 Å². The first-order valence-electron chi connectivity index (χ1n) is 3.86. The van der Waals surface area contributed by atoms with Gasteiger partial charge in [-0.2, -0.15) is 0 Å². The van der Waals surface area contributed by atoms with E-state index in [4.69, 9.17) is 0 Å². The first kappa shape index (κ1) is 9.44. The molecular formula is C8H12N4O. The van der Waals surface area contributed by atoms with Crippen molar-refractivity contribution in [2.45, 2.75) is 6.92 Å². The van der Waals surface area contributed by atoms with E-state index in [1.165, 1.54) is 6.20 Å². The van der Waals surface area contributed by atoms with Gasteiger partial charge in [-0.1, -0.05) is 0 Å². The Balaban J connectivity index is 3.00. The van der Waals surface area contributed by atoms with Crippen molar-refractivity contribution >= 4 is 12.2 Å². The Morgan fingerprint density at radius 3 is 2.92 bits per heavy atom. The largest absolute Gasteiger partial charge is 0.369 e. The third kappa shape index (κ3) is 2.70. The van der Waals surface area contributed by atoms with Gasteiger partial charge in [0, 0.05) is 25.9 Å². The van der Waals surface area contributed by atoms with Gasteiger partial charge in [0.05, 0.1) is 6.34 Å². The van der Waals surface area contributed by atoms with E-state index in [0.29, 0.717) is 5.82 Å². The topological polar surface area (TPSA) is 61.4 Å². The fraction of sp³-hybridized carbons (Fsp3) is 0.375. The maximum Gasteiger partial charge on any atom is 0.346 e. The Bertz CT molecular complexity index is 367. The Hall–Kier alpha value is -1.65. The molecule has 0 saturated heterocycles. The predicted octanol–water partition coefficient (Wildman–Crippen LogP) is 0.300. The minimum Gasteiger partial charge on any atom is -0.369 e. The number of aliphatic imine (C=N–C) groups is 1. The second-order valence-electron chi connectivity index (χ2n) is 2.93. The van der Waals surface area contributed by atoms with E-state index >= 15 is 0 Å². The lowest BCUT2D eigenvalue weighted by Gasteiger charge is -2.02. The first-order valence-corrected chi connectivity index (χ1v) is 3.86. The third-order valence-electron chi connectivity index (χ3n) is 1.39. The SMILES string of the molecule is Cc1cnc(=O)[nH]c1N=CN(C)C. The number of hydrogen-bond acceptors (Lipinski definition) is 3. The fourth-order valence-electron chi connectivity index (χ4n) is 0.756. The van der Waals surface area contributed by atoms with Crippen LogP contribution >= 0.6 is 0 Å². The molecular weight excluding hydrogens is 168 g/mol. The van der Waals surface area contributed by atoms with E-state index < -0.39 is 0 Å². The molecule has 0 amide bonds. The van der Waals surface area contributed by atoms with E-state index in [0.717, 1.165) is 5.56 Å². The molecule has 0 spiro atoms. The molecule has 0 aliphatic carbocycles. The molecule has 1 aromatic rings. The molecule has 0 unspecified atom stereocenters. The second-order valence-corrected chi connectivity index (χ2v) is 2.93. The van der Waals surface area contributed by atoms with Crippen LogP contribution in [0.2, 0.25) is 0 Å². The summed E-state index contributed by atoms with van der Waals surface area (Å²) in [6.07, 6.45) is 3.12. The van der Waals surface area contributed by atoms with Crippen molar-refractivity contribution in [1.29, 1.82) is 0 Å². The maximum absolute atomic E-state index is 10.8. The zero-order valence-corrected chi connectivity index (χ0v) is 7.90. The maximum atomic E-state index is 10.8. The van der Waals surface area contributed by atoms with Crippen molar-refractivity contribution in [2.24, 2.45) is 4.99 Å². The smallest absolute Gasteiger partial charge is 0.346 e. The summed E-state index contributed by atoms with van der Waals surface area (Å²) >= 11 is 0. The average molecular weight is 180 g/mol. The number of aryl methyl sites for hydroxylation is 1. The molecule has 0 saturated carbocycles. The number of aromatic nitrogens is 2. The minimum absolute atomic E-state index is 0.378. The van der Waals surface area contributed by atoms with Gasteiger partial charge in [-0.15, -0.1) is 0 Å². The third-order valence-corrected chi connectivity index (χ3v) is 1.39. The summed E-state index contributed by atoms with van der Waals surface area (Å²) in [6, 6.07) is 0. The lowest BCUT2D eigenvalue weighted by atomic mass is 10.3. The zero-order valence-electron chi connectivity index (χ0n) is 7.90. The molecule has 5 heteroatoms. The number of nitrogens with zero attached hydrogens (tertiary/aromatic N) is 3. The molecule has 0 fully saturated rings. The van der Waals surface area contributed by atoms with E-state index in [1.54, 1.807) is 11.2 Å². The van der Waals surface area contributed by atoms with Gasteiger partial charge in [-0.3, -0.25) is 4.98 Å². The molecule has 0 bridgehead atoms. The van der Waals surface area contributed by atoms with Gasteiger partial charge in [0.1, 0.15) is 5.82 Å². The van der Waals surface area contributed by atoms with Gasteiger partial charge in [-0.05, 0) is 6.92 Å². The van der Waals surface area contributed by atoms with Crippen LogP contribution in [0.15, 0.2) is 16.0 Å². The highest BCUT2D eigenvalue weighted by atomic mass is 16.1. The summed E-state index contributed by atoms with van der Waals surface area (Å²) in [5.41, 5.74) is 0.467. The lowest BCUT2D eigenvalue weighted by Crippen LogP contribution is -2.11. The summed E-state index contributed by atoms with van der Waals surface area (Å²) in [5.74, 6) is 0.550. The van der Waals surface area contributed by atoms with Crippen molar-refractivity contribution in [2.75, 3.05) is 14.1 Å². The molecule has 1 aromatic heterocycles. The monoisotopic (exact) mass is 180 g/mol. The van der Waals surface area contributed by atoms with Crippen molar-refractivity contribution in [3.63, 3.8) is 0 Å². The molecule has 13 heavy (non-hydrogen) atoms. The van der Waals surface area contributed by atoms with E-state index in [2.05, 4.69) is 15.0 Å². The average Bonchev–Trinajstić information content (AvgIpc) is 2.06. The Morgan fingerprint density at radius 2 is 2.31 bits per heavy atom. The number of rotatable bonds is 2. The summed E-state index contributed by atoms with van der Waals surface area (Å²) < 4.78 is 0. The highest BCUT2D eigenvalue weighted by molar-refractivity contribution is 5.59. The summed E-state index contributed by atoms with van der Waals surface area (Å²) in [5, 5.41) is 0. The molecule has 1 heterocycles. The van der Waals surface area contributed by atoms with Crippen LogP contribution in [0.5, 0.6) is 0 Å². The Kier molecular flexibility index (Phi) is 2.79. The molecule has 0 aliphatic heterocycles. The van der Waals surface area contributed by atoms with Crippen LogP contribution in [-0.2, 0) is 0 Å². The van der Waals surface area contributed by atoms with E-state index in [1.807, 2.05) is 21.0 Å². The normalized spacial score (nSPS) is 10.7. The Morgan fingerprint density at radius 1 is 1.62 bits per heavy atom. The van der Waals surface area contributed by atoms with Gasteiger partial charge < -0.3 is 4.90 Å². The van der Waals surface area contributed by atoms with Gasteiger partial charge in [-0.25, -0.2) is 14.8 Å². The predicted molar refractivity (Wildman–Crippen MR) is 51.4 cm³/mol. The molecule has 5 nitrogen and oxygen atoms in total. The summed E-state index contributed by atoms with van der Waals surface area (Å²) in [4.78, 5) is 22.8. The highest BCUT2D eigenvalue weighted by Crippen LogP contribution is 2.08. The van der Waals surface area contributed by atoms with Gasteiger partial charge in [0.15, 0.2) is 0 Å². The Labute approximate surface area is 76.1 Å². The summed E-state index contributed by atoms with van der Waals surface area (Å²) in [6.45, 7) is 1.84. The quantitative estimate of drug-likeness (QED) is 0.526. The van der Waals surface area contributed by atoms with Crippen LogP contribution in [0.25, 0.3) is 0 Å². The van der Waals surface area contributed by atoms with Crippen LogP contribution in [-0.4, -0.2) is 35.3 Å². The van der Waals surface area contributed by atoms with Crippen molar-refractivity contribution in [3.05, 3.63) is 22.2 Å². The standard InChI is InChI=1S/C8H12N4O/c1-6-4-9-8(13)11-7(6)10-5-12(2)3/h4-5H,1-3H3,(H,9,11,13). The molecule has 1 N–H and O–H groups in total. The molecule has 70 valence electrons. The van der Waals surface area contributed by atoms with Gasteiger partial charge in [0.25, 0.3) is 0 Å². The number of nitrogens with one attached hydrogen (secondary N) is 1. The van der Waals surface area contributed by atoms with Crippen LogP contribution in [0.1, 0.15) is 5.56 Å². The fourth-order valence-corrected chi connectivity index (χ4v) is 0.756. The number of H-pyrrole nitrogens is 1.